The predicted molar refractivity (Wildman–Crippen MR) is 117 cm³/mol. The van der Waals surface area contributed by atoms with Crippen LogP contribution in [-0.2, 0) is 4.79 Å². The smallest absolute Gasteiger partial charge is 0.163 e. The van der Waals surface area contributed by atoms with E-state index in [2.05, 4.69) is 37.9 Å². The van der Waals surface area contributed by atoms with Crippen molar-refractivity contribution < 1.29 is 9.53 Å². The van der Waals surface area contributed by atoms with Crippen LogP contribution < -0.4 is 4.74 Å². The molecule has 0 spiro atoms. The number of ether oxygens (including phenoxy) is 1. The number of fused-ring (bicyclic) bond motifs is 2. The summed E-state index contributed by atoms with van der Waals surface area (Å²) in [4.78, 5) is 16.9. The van der Waals surface area contributed by atoms with Gasteiger partial charge in [-0.05, 0) is 48.6 Å². The third-order valence-corrected chi connectivity index (χ3v) is 6.64. The molecule has 2 aliphatic rings. The highest BCUT2D eigenvalue weighted by Gasteiger charge is 2.43. The number of allylic oxidation sites excluding steroid dienone is 2. The van der Waals surface area contributed by atoms with Crippen LogP contribution in [0.15, 0.2) is 47.7 Å². The lowest BCUT2D eigenvalue weighted by Crippen LogP contribution is -2.33. The summed E-state index contributed by atoms with van der Waals surface area (Å²) >= 11 is 6.52. The van der Waals surface area contributed by atoms with Gasteiger partial charge in [-0.2, -0.15) is 0 Å². The molecule has 2 aromatic carbocycles. The lowest BCUT2D eigenvalue weighted by Gasteiger charge is -2.38. The summed E-state index contributed by atoms with van der Waals surface area (Å²) in [7, 11) is 0. The molecule has 3 aromatic rings. The second-order valence-electron chi connectivity index (χ2n) is 9.16. The molecular weight excluding hydrogens is 382 g/mol. The average Bonchev–Trinajstić information content (AvgIpc) is 2.96. The highest BCUT2D eigenvalue weighted by molar-refractivity contribution is 6.31. The summed E-state index contributed by atoms with van der Waals surface area (Å²) in [6.45, 7) is 8.33. The van der Waals surface area contributed by atoms with E-state index in [-0.39, 0.29) is 17.1 Å². The number of aryl methyl sites for hydroxylation is 2. The summed E-state index contributed by atoms with van der Waals surface area (Å²) in [6, 6.07) is 12.3. The SMILES string of the molecule is Cc1cc2c(cc1Cl)C(c1c(C)[nH]c3ccccc13)C1=C(CC(C)(C)CC1=O)O2. The summed E-state index contributed by atoms with van der Waals surface area (Å²) in [5.41, 5.74) is 5.94. The van der Waals surface area contributed by atoms with Crippen LogP contribution in [0.2, 0.25) is 5.02 Å². The largest absolute Gasteiger partial charge is 0.461 e. The minimum absolute atomic E-state index is 0.102. The number of Topliss-reactive ketones (excluding diaryl/α,β-unsaturated/α-hetero) is 1. The normalized spacial score (nSPS) is 20.4. The van der Waals surface area contributed by atoms with Gasteiger partial charge in [0.25, 0.3) is 0 Å². The van der Waals surface area contributed by atoms with Crippen LogP contribution in [0.1, 0.15) is 55.0 Å². The molecule has 0 amide bonds. The lowest BCUT2D eigenvalue weighted by atomic mass is 9.69. The van der Waals surface area contributed by atoms with Gasteiger partial charge in [0.1, 0.15) is 11.5 Å². The highest BCUT2D eigenvalue weighted by Crippen LogP contribution is 2.52. The van der Waals surface area contributed by atoms with Crippen LogP contribution in [0, 0.1) is 19.3 Å². The van der Waals surface area contributed by atoms with Gasteiger partial charge in [-0.25, -0.2) is 0 Å². The summed E-state index contributed by atoms with van der Waals surface area (Å²) < 4.78 is 6.35. The van der Waals surface area contributed by atoms with Gasteiger partial charge in [0.05, 0.1) is 0 Å². The first-order valence-corrected chi connectivity index (χ1v) is 10.4. The molecule has 1 aliphatic carbocycles. The molecule has 4 heteroatoms. The van der Waals surface area contributed by atoms with E-state index in [1.807, 2.05) is 31.2 Å². The van der Waals surface area contributed by atoms with Crippen LogP contribution in [0.5, 0.6) is 5.75 Å². The Morgan fingerprint density at radius 1 is 1.14 bits per heavy atom. The lowest BCUT2D eigenvalue weighted by molar-refractivity contribution is -0.118. The number of nitrogens with one attached hydrogen (secondary N) is 1. The Balaban J connectivity index is 1.84. The Hall–Kier alpha value is -2.52. The van der Waals surface area contributed by atoms with Gasteiger partial charge in [0.2, 0.25) is 0 Å². The first-order chi connectivity index (χ1) is 13.7. The second kappa shape index (κ2) is 6.24. The maximum absolute atomic E-state index is 13.4. The summed E-state index contributed by atoms with van der Waals surface area (Å²) in [5.74, 6) is 1.63. The number of para-hydroxylation sites is 1. The number of rotatable bonds is 1. The topological polar surface area (TPSA) is 42.1 Å². The maximum atomic E-state index is 13.4. The Kier molecular flexibility index (Phi) is 3.98. The minimum Gasteiger partial charge on any atom is -0.461 e. The number of carbonyl (C=O) groups is 1. The van der Waals surface area contributed by atoms with Gasteiger partial charge in [0.15, 0.2) is 5.78 Å². The van der Waals surface area contributed by atoms with Crippen molar-refractivity contribution in [3.8, 4) is 5.75 Å². The number of aromatic nitrogens is 1. The molecule has 1 atom stereocenters. The number of benzene rings is 2. The fraction of sp³-hybridized carbons (Fsp3) is 0.320. The molecule has 148 valence electrons. The number of hydrogen-bond donors (Lipinski definition) is 1. The van der Waals surface area contributed by atoms with E-state index < -0.39 is 0 Å². The van der Waals surface area contributed by atoms with E-state index in [0.29, 0.717) is 11.4 Å². The van der Waals surface area contributed by atoms with E-state index in [1.165, 1.54) is 0 Å². The average molecular weight is 406 g/mol. The molecule has 1 N–H and O–H groups in total. The first-order valence-electron chi connectivity index (χ1n) is 10.1. The van der Waals surface area contributed by atoms with Crippen molar-refractivity contribution in [3.05, 3.63) is 75.1 Å². The van der Waals surface area contributed by atoms with E-state index in [0.717, 1.165) is 56.8 Å². The molecule has 0 saturated carbocycles. The van der Waals surface area contributed by atoms with Crippen LogP contribution in [-0.4, -0.2) is 10.8 Å². The van der Waals surface area contributed by atoms with E-state index >= 15 is 0 Å². The van der Waals surface area contributed by atoms with Crippen molar-refractivity contribution in [3.63, 3.8) is 0 Å². The fourth-order valence-corrected chi connectivity index (χ4v) is 5.11. The zero-order valence-corrected chi connectivity index (χ0v) is 17.9. The molecule has 0 radical (unpaired) electrons. The van der Waals surface area contributed by atoms with Crippen LogP contribution in [0.25, 0.3) is 10.9 Å². The Morgan fingerprint density at radius 2 is 1.90 bits per heavy atom. The van der Waals surface area contributed by atoms with Crippen LogP contribution in [0.4, 0.5) is 0 Å². The third kappa shape index (κ3) is 2.83. The van der Waals surface area contributed by atoms with Crippen molar-refractivity contribution >= 4 is 28.3 Å². The number of ketones is 1. The number of H-pyrrole nitrogens is 1. The molecule has 1 aliphatic heterocycles. The Morgan fingerprint density at radius 3 is 2.69 bits per heavy atom. The molecule has 0 fully saturated rings. The van der Waals surface area contributed by atoms with Gasteiger partial charge in [0, 0.05) is 51.5 Å². The molecule has 29 heavy (non-hydrogen) atoms. The molecule has 1 aromatic heterocycles. The molecular formula is C25H24ClNO2. The Labute approximate surface area is 175 Å². The summed E-state index contributed by atoms with van der Waals surface area (Å²) in [6.07, 6.45) is 1.29. The van der Waals surface area contributed by atoms with Crippen LogP contribution in [0.3, 0.4) is 0 Å². The van der Waals surface area contributed by atoms with Gasteiger partial charge >= 0.3 is 0 Å². The van der Waals surface area contributed by atoms with E-state index in [9.17, 15) is 4.79 Å². The molecule has 3 nitrogen and oxygen atoms in total. The molecule has 5 rings (SSSR count). The first kappa shape index (κ1) is 18.5. The van der Waals surface area contributed by atoms with Crippen molar-refractivity contribution in [1.29, 1.82) is 0 Å². The monoisotopic (exact) mass is 405 g/mol. The summed E-state index contributed by atoms with van der Waals surface area (Å²) in [5, 5.41) is 1.84. The molecule has 0 saturated heterocycles. The second-order valence-corrected chi connectivity index (χ2v) is 9.57. The van der Waals surface area contributed by atoms with Gasteiger partial charge in [-0.1, -0.05) is 43.6 Å². The van der Waals surface area contributed by atoms with E-state index in [4.69, 9.17) is 16.3 Å². The minimum atomic E-state index is -0.174. The van der Waals surface area contributed by atoms with Crippen molar-refractivity contribution in [2.45, 2.75) is 46.5 Å². The van der Waals surface area contributed by atoms with E-state index in [1.54, 1.807) is 0 Å². The van der Waals surface area contributed by atoms with Crippen LogP contribution >= 0.6 is 11.6 Å². The van der Waals surface area contributed by atoms with Gasteiger partial charge < -0.3 is 9.72 Å². The molecule has 0 bridgehead atoms. The quantitative estimate of drug-likeness (QED) is 0.495. The zero-order valence-electron chi connectivity index (χ0n) is 17.2. The zero-order chi connectivity index (χ0) is 20.5. The predicted octanol–water partition coefficient (Wildman–Crippen LogP) is 6.61. The maximum Gasteiger partial charge on any atom is 0.163 e. The molecule has 2 heterocycles. The fourth-order valence-electron chi connectivity index (χ4n) is 4.93. The number of hydrogen-bond acceptors (Lipinski definition) is 2. The van der Waals surface area contributed by atoms with Crippen molar-refractivity contribution in [2.75, 3.05) is 0 Å². The Bertz CT molecular complexity index is 1220. The third-order valence-electron chi connectivity index (χ3n) is 6.24. The molecule has 1 unspecified atom stereocenters. The van der Waals surface area contributed by atoms with Gasteiger partial charge in [-0.3, -0.25) is 4.79 Å². The van der Waals surface area contributed by atoms with Crippen molar-refractivity contribution in [2.24, 2.45) is 5.41 Å². The number of carbonyl (C=O) groups excluding carboxylic acids is 1. The standard InChI is InChI=1S/C25H24ClNO2/c1-13-9-20-16(10-17(13)26)23(22-14(2)27-18-8-6-5-7-15(18)22)24-19(28)11-25(3,4)12-21(24)29-20/h5-10,23,27H,11-12H2,1-4H3. The number of aromatic amines is 1. The van der Waals surface area contributed by atoms with Gasteiger partial charge in [-0.15, -0.1) is 0 Å². The van der Waals surface area contributed by atoms with Crippen molar-refractivity contribution in [1.82, 2.24) is 4.98 Å². The highest BCUT2D eigenvalue weighted by atomic mass is 35.5. The number of halogens is 1.